The lowest BCUT2D eigenvalue weighted by Gasteiger charge is -1.93. The van der Waals surface area contributed by atoms with E-state index in [1.54, 1.807) is 12.4 Å². The summed E-state index contributed by atoms with van der Waals surface area (Å²) in [5.41, 5.74) is 2.17. The maximum absolute atomic E-state index is 9.92. The monoisotopic (exact) mass is 171 g/mol. The zero-order valence-corrected chi connectivity index (χ0v) is 7.53. The molecule has 1 aromatic carbocycles. The molecule has 0 spiro atoms. The fourth-order valence-electron chi connectivity index (χ4n) is 1.03. The van der Waals surface area contributed by atoms with Crippen molar-refractivity contribution in [3.05, 3.63) is 53.6 Å². The van der Waals surface area contributed by atoms with Crippen molar-refractivity contribution in [1.29, 1.82) is 0 Å². The maximum atomic E-state index is 9.92. The van der Waals surface area contributed by atoms with Gasteiger partial charge in [-0.2, -0.15) is 0 Å². The Bertz CT molecular complexity index is 320. The van der Waals surface area contributed by atoms with Gasteiger partial charge in [-0.3, -0.25) is 4.79 Å². The Balaban J connectivity index is 2.76. The van der Waals surface area contributed by atoms with E-state index in [-0.39, 0.29) is 0 Å². The molecule has 1 heteroatoms. The average molecular weight is 171 g/mol. The number of carbonyl (C=O) groups excluding carboxylic acids is 1. The molecule has 0 heterocycles. The first-order chi connectivity index (χ1) is 6.33. The highest BCUT2D eigenvalue weighted by atomic mass is 16.1. The zero-order chi connectivity index (χ0) is 9.52. The van der Waals surface area contributed by atoms with Gasteiger partial charge in [-0.15, -0.1) is 0 Å². The van der Waals surface area contributed by atoms with Crippen LogP contribution in [0.25, 0.3) is 6.08 Å². The SMILES string of the molecule is CC(C=C[C]=O)=Cc1ccccc1. The summed E-state index contributed by atoms with van der Waals surface area (Å²) in [5, 5.41) is 0. The Morgan fingerprint density at radius 1 is 1.31 bits per heavy atom. The van der Waals surface area contributed by atoms with Crippen molar-refractivity contribution in [2.75, 3.05) is 0 Å². The summed E-state index contributed by atoms with van der Waals surface area (Å²) in [6, 6.07) is 9.97. The summed E-state index contributed by atoms with van der Waals surface area (Å²) in [6.07, 6.45) is 6.83. The predicted octanol–water partition coefficient (Wildman–Crippen LogP) is 2.76. The quantitative estimate of drug-likeness (QED) is 0.505. The fourth-order valence-corrected chi connectivity index (χ4v) is 1.03. The minimum absolute atomic E-state index is 1.04. The molecule has 0 atom stereocenters. The highest BCUT2D eigenvalue weighted by molar-refractivity contribution is 5.68. The molecule has 0 unspecified atom stereocenters. The Morgan fingerprint density at radius 2 is 2.00 bits per heavy atom. The van der Waals surface area contributed by atoms with Crippen molar-refractivity contribution in [2.24, 2.45) is 0 Å². The minimum Gasteiger partial charge on any atom is -0.286 e. The van der Waals surface area contributed by atoms with Crippen LogP contribution in [0.2, 0.25) is 0 Å². The van der Waals surface area contributed by atoms with Crippen LogP contribution in [-0.2, 0) is 4.79 Å². The molecule has 1 rings (SSSR count). The van der Waals surface area contributed by atoms with Gasteiger partial charge >= 0.3 is 0 Å². The first-order valence-corrected chi connectivity index (χ1v) is 4.10. The summed E-state index contributed by atoms with van der Waals surface area (Å²) in [6.45, 7) is 1.95. The molecule has 0 aliphatic heterocycles. The zero-order valence-electron chi connectivity index (χ0n) is 7.53. The van der Waals surface area contributed by atoms with Gasteiger partial charge in [0.05, 0.1) is 0 Å². The van der Waals surface area contributed by atoms with E-state index in [0.29, 0.717) is 0 Å². The molecule has 0 saturated heterocycles. The van der Waals surface area contributed by atoms with Gasteiger partial charge < -0.3 is 0 Å². The molecule has 0 aliphatic rings. The smallest absolute Gasteiger partial charge is 0.225 e. The van der Waals surface area contributed by atoms with Crippen molar-refractivity contribution in [3.8, 4) is 0 Å². The molecule has 0 N–H and O–H groups in total. The summed E-state index contributed by atoms with van der Waals surface area (Å²) in [5.74, 6) is 0. The number of hydrogen-bond donors (Lipinski definition) is 0. The topological polar surface area (TPSA) is 17.1 Å². The van der Waals surface area contributed by atoms with Gasteiger partial charge in [0.15, 0.2) is 0 Å². The van der Waals surface area contributed by atoms with Gasteiger partial charge in [0.1, 0.15) is 0 Å². The molecular formula is C12H11O. The molecule has 65 valence electrons. The van der Waals surface area contributed by atoms with Crippen molar-refractivity contribution in [1.82, 2.24) is 0 Å². The van der Waals surface area contributed by atoms with Gasteiger partial charge in [0.2, 0.25) is 6.29 Å². The van der Waals surface area contributed by atoms with E-state index < -0.39 is 0 Å². The normalized spacial score (nSPS) is 11.9. The van der Waals surface area contributed by atoms with Gasteiger partial charge in [0.25, 0.3) is 0 Å². The third-order valence-electron chi connectivity index (χ3n) is 1.61. The van der Waals surface area contributed by atoms with Crippen molar-refractivity contribution < 1.29 is 4.79 Å². The standard InChI is InChI=1S/C12H11O/c1-11(6-5-9-13)10-12-7-3-2-4-8-12/h2-8,10H,1H3. The highest BCUT2D eigenvalue weighted by Crippen LogP contribution is 2.06. The largest absolute Gasteiger partial charge is 0.286 e. The van der Waals surface area contributed by atoms with Gasteiger partial charge in [-0.05, 0) is 18.6 Å². The second-order valence-corrected chi connectivity index (χ2v) is 2.75. The lowest BCUT2D eigenvalue weighted by atomic mass is 10.1. The maximum Gasteiger partial charge on any atom is 0.225 e. The van der Waals surface area contributed by atoms with Crippen LogP contribution in [0.3, 0.4) is 0 Å². The Hall–Kier alpha value is -1.63. The van der Waals surface area contributed by atoms with E-state index in [1.165, 1.54) is 6.08 Å². The molecule has 1 aromatic rings. The third kappa shape index (κ3) is 3.52. The lowest BCUT2D eigenvalue weighted by molar-refractivity contribution is 0.564. The van der Waals surface area contributed by atoms with Crippen LogP contribution in [0.4, 0.5) is 0 Å². The molecular weight excluding hydrogens is 160 g/mol. The molecule has 0 aromatic heterocycles. The number of benzene rings is 1. The molecule has 0 fully saturated rings. The van der Waals surface area contributed by atoms with Crippen LogP contribution < -0.4 is 0 Å². The summed E-state index contributed by atoms with van der Waals surface area (Å²) in [4.78, 5) is 9.92. The Morgan fingerprint density at radius 3 is 2.62 bits per heavy atom. The second-order valence-electron chi connectivity index (χ2n) is 2.75. The van der Waals surface area contributed by atoms with Crippen LogP contribution in [0, 0.1) is 0 Å². The van der Waals surface area contributed by atoms with Gasteiger partial charge in [-0.1, -0.05) is 48.1 Å². The molecule has 1 nitrogen and oxygen atoms in total. The summed E-state index contributed by atoms with van der Waals surface area (Å²) >= 11 is 0. The minimum atomic E-state index is 1.04. The van der Waals surface area contributed by atoms with Crippen LogP contribution in [0.15, 0.2) is 48.1 Å². The van der Waals surface area contributed by atoms with E-state index in [1.807, 2.05) is 43.3 Å². The number of allylic oxidation sites excluding steroid dienone is 3. The van der Waals surface area contributed by atoms with Crippen LogP contribution >= 0.6 is 0 Å². The van der Waals surface area contributed by atoms with E-state index in [4.69, 9.17) is 0 Å². The average Bonchev–Trinajstić information content (AvgIpc) is 2.16. The van der Waals surface area contributed by atoms with Crippen molar-refractivity contribution >= 4 is 12.4 Å². The molecule has 0 bridgehead atoms. The van der Waals surface area contributed by atoms with Crippen LogP contribution in [0.1, 0.15) is 12.5 Å². The van der Waals surface area contributed by atoms with Gasteiger partial charge in [-0.25, -0.2) is 0 Å². The Labute approximate surface area is 78.4 Å². The molecule has 0 saturated carbocycles. The molecule has 1 radical (unpaired) electrons. The van der Waals surface area contributed by atoms with Crippen LogP contribution in [0.5, 0.6) is 0 Å². The van der Waals surface area contributed by atoms with Gasteiger partial charge in [0, 0.05) is 0 Å². The molecule has 0 aliphatic carbocycles. The van der Waals surface area contributed by atoms with E-state index in [2.05, 4.69) is 0 Å². The van der Waals surface area contributed by atoms with E-state index >= 15 is 0 Å². The summed E-state index contributed by atoms with van der Waals surface area (Å²) < 4.78 is 0. The van der Waals surface area contributed by atoms with Crippen LogP contribution in [-0.4, -0.2) is 6.29 Å². The number of hydrogen-bond acceptors (Lipinski definition) is 1. The van der Waals surface area contributed by atoms with E-state index in [0.717, 1.165) is 11.1 Å². The molecule has 13 heavy (non-hydrogen) atoms. The van der Waals surface area contributed by atoms with E-state index in [9.17, 15) is 4.79 Å². The lowest BCUT2D eigenvalue weighted by Crippen LogP contribution is -1.72. The first-order valence-electron chi connectivity index (χ1n) is 4.10. The van der Waals surface area contributed by atoms with Crippen molar-refractivity contribution in [3.63, 3.8) is 0 Å². The summed E-state index contributed by atoms with van der Waals surface area (Å²) in [7, 11) is 0. The first kappa shape index (κ1) is 9.46. The third-order valence-corrected chi connectivity index (χ3v) is 1.61. The number of rotatable bonds is 3. The highest BCUT2D eigenvalue weighted by Gasteiger charge is 1.85. The van der Waals surface area contributed by atoms with Crippen molar-refractivity contribution in [2.45, 2.75) is 6.92 Å². The second kappa shape index (κ2) is 5.09. The predicted molar refractivity (Wildman–Crippen MR) is 54.9 cm³/mol. The molecule has 0 amide bonds. The fraction of sp³-hybridized carbons (Fsp3) is 0.0833. The Kier molecular flexibility index (Phi) is 3.71.